The molecule has 4 nitrogen and oxygen atoms in total. The highest BCUT2D eigenvalue weighted by atomic mass is 79.9. The maximum Gasteiger partial charge on any atom is 0.287 e. The van der Waals surface area contributed by atoms with Gasteiger partial charge in [-0.3, -0.25) is 15.1 Å². The van der Waals surface area contributed by atoms with Gasteiger partial charge in [-0.2, -0.15) is 0 Å². The molecule has 1 heterocycles. The molecule has 0 spiro atoms. The second-order valence-corrected chi connectivity index (χ2v) is 5.45. The highest BCUT2D eigenvalue weighted by molar-refractivity contribution is 9.09. The third kappa shape index (κ3) is 2.58. The largest absolute Gasteiger partial charge is 0.287 e. The molecule has 0 saturated heterocycles. The van der Waals surface area contributed by atoms with Gasteiger partial charge in [0, 0.05) is 23.0 Å². The molecule has 16 heavy (non-hydrogen) atoms. The van der Waals surface area contributed by atoms with Crippen molar-refractivity contribution in [3.8, 4) is 0 Å². The first-order valence-electron chi connectivity index (χ1n) is 5.32. The van der Waals surface area contributed by atoms with Crippen LogP contribution >= 0.6 is 15.9 Å². The predicted octanol–water partition coefficient (Wildman–Crippen LogP) is 3.01. The van der Waals surface area contributed by atoms with Crippen LogP contribution in [-0.2, 0) is 6.42 Å². The minimum absolute atomic E-state index is 0.0683. The normalized spacial score (nSPS) is 17.1. The number of rotatable bonds is 4. The Bertz CT molecular complexity index is 418. The number of aryl methyl sites for hydroxylation is 1. The standard InChI is InChI=1S/C11H13BrN2O2/c1-7-4-9(14(15)16)6-13-11(7)5-10(12)8-2-3-8/h4,6,8,10H,2-3,5H2,1H3. The number of aromatic nitrogens is 1. The first-order chi connectivity index (χ1) is 7.58. The lowest BCUT2D eigenvalue weighted by molar-refractivity contribution is -0.385. The monoisotopic (exact) mass is 284 g/mol. The average Bonchev–Trinajstić information content (AvgIpc) is 3.03. The van der Waals surface area contributed by atoms with E-state index in [-0.39, 0.29) is 5.69 Å². The van der Waals surface area contributed by atoms with Crippen molar-refractivity contribution in [2.45, 2.75) is 31.0 Å². The van der Waals surface area contributed by atoms with Crippen LogP contribution in [0.15, 0.2) is 12.3 Å². The van der Waals surface area contributed by atoms with Gasteiger partial charge in [-0.1, -0.05) is 15.9 Å². The molecule has 1 unspecified atom stereocenters. The zero-order valence-electron chi connectivity index (χ0n) is 9.02. The molecule has 1 saturated carbocycles. The van der Waals surface area contributed by atoms with Crippen molar-refractivity contribution in [1.82, 2.24) is 4.98 Å². The molecule has 1 aliphatic rings. The van der Waals surface area contributed by atoms with Crippen molar-refractivity contribution in [3.63, 3.8) is 0 Å². The van der Waals surface area contributed by atoms with E-state index in [1.54, 1.807) is 6.07 Å². The molecule has 0 radical (unpaired) electrons. The molecular weight excluding hydrogens is 272 g/mol. The number of pyridine rings is 1. The van der Waals surface area contributed by atoms with Gasteiger partial charge in [0.1, 0.15) is 6.20 Å². The van der Waals surface area contributed by atoms with Crippen LogP contribution in [0.25, 0.3) is 0 Å². The van der Waals surface area contributed by atoms with Crippen molar-refractivity contribution in [2.75, 3.05) is 0 Å². The molecule has 0 amide bonds. The summed E-state index contributed by atoms with van der Waals surface area (Å²) in [5.74, 6) is 0.761. The summed E-state index contributed by atoms with van der Waals surface area (Å²) in [6.07, 6.45) is 4.76. The van der Waals surface area contributed by atoms with E-state index < -0.39 is 4.92 Å². The van der Waals surface area contributed by atoms with E-state index in [9.17, 15) is 10.1 Å². The molecule has 2 rings (SSSR count). The smallest absolute Gasteiger partial charge is 0.258 e. The summed E-state index contributed by atoms with van der Waals surface area (Å²) in [6.45, 7) is 1.88. The third-order valence-corrected chi connectivity index (χ3v) is 3.98. The summed E-state index contributed by atoms with van der Waals surface area (Å²) in [7, 11) is 0. The van der Waals surface area contributed by atoms with E-state index in [1.165, 1.54) is 19.0 Å². The van der Waals surface area contributed by atoms with Gasteiger partial charge in [0.25, 0.3) is 5.69 Å². The minimum Gasteiger partial charge on any atom is -0.258 e. The van der Waals surface area contributed by atoms with Crippen LogP contribution in [0.3, 0.4) is 0 Å². The van der Waals surface area contributed by atoms with Crippen molar-refractivity contribution in [3.05, 3.63) is 33.6 Å². The van der Waals surface area contributed by atoms with E-state index in [2.05, 4.69) is 20.9 Å². The fraction of sp³-hybridized carbons (Fsp3) is 0.545. The Morgan fingerprint density at radius 3 is 2.88 bits per heavy atom. The number of halogens is 1. The maximum absolute atomic E-state index is 10.6. The van der Waals surface area contributed by atoms with E-state index in [0.29, 0.717) is 4.83 Å². The SMILES string of the molecule is Cc1cc([N+](=O)[O-])cnc1CC(Br)C1CC1. The molecular formula is C11H13BrN2O2. The molecule has 86 valence electrons. The van der Waals surface area contributed by atoms with Gasteiger partial charge in [-0.25, -0.2) is 0 Å². The first-order valence-corrected chi connectivity index (χ1v) is 6.23. The number of hydrogen-bond acceptors (Lipinski definition) is 3. The fourth-order valence-electron chi connectivity index (χ4n) is 1.71. The summed E-state index contributed by atoms with van der Waals surface area (Å²) in [6, 6.07) is 1.59. The van der Waals surface area contributed by atoms with E-state index in [0.717, 1.165) is 23.6 Å². The zero-order chi connectivity index (χ0) is 11.7. The van der Waals surface area contributed by atoms with Crippen LogP contribution < -0.4 is 0 Å². The van der Waals surface area contributed by atoms with Gasteiger partial charge in [0.15, 0.2) is 0 Å². The molecule has 1 aliphatic carbocycles. The molecule has 1 atom stereocenters. The summed E-state index contributed by atoms with van der Waals surface area (Å²) >= 11 is 3.65. The fourth-order valence-corrected chi connectivity index (χ4v) is 2.55. The van der Waals surface area contributed by atoms with Crippen molar-refractivity contribution in [1.29, 1.82) is 0 Å². The van der Waals surface area contributed by atoms with E-state index >= 15 is 0 Å². The van der Waals surface area contributed by atoms with Gasteiger partial charge in [-0.05, 0) is 31.2 Å². The molecule has 0 aliphatic heterocycles. The number of nitro groups is 1. The molecule has 5 heteroatoms. The van der Waals surface area contributed by atoms with Crippen LogP contribution in [0, 0.1) is 23.0 Å². The number of nitrogens with zero attached hydrogens (tertiary/aromatic N) is 2. The van der Waals surface area contributed by atoms with Crippen LogP contribution in [0.5, 0.6) is 0 Å². The highest BCUT2D eigenvalue weighted by Gasteiger charge is 2.29. The molecule has 1 aromatic heterocycles. The Morgan fingerprint density at radius 2 is 2.38 bits per heavy atom. The lowest BCUT2D eigenvalue weighted by Crippen LogP contribution is -2.08. The molecule has 0 bridgehead atoms. The summed E-state index contributed by atoms with van der Waals surface area (Å²) < 4.78 is 0. The van der Waals surface area contributed by atoms with Gasteiger partial charge in [-0.15, -0.1) is 0 Å². The maximum atomic E-state index is 10.6. The van der Waals surface area contributed by atoms with Crippen molar-refractivity contribution in [2.24, 2.45) is 5.92 Å². The highest BCUT2D eigenvalue weighted by Crippen LogP contribution is 2.38. The van der Waals surface area contributed by atoms with Gasteiger partial charge in [0.05, 0.1) is 4.92 Å². The lowest BCUT2D eigenvalue weighted by atomic mass is 10.1. The summed E-state index contributed by atoms with van der Waals surface area (Å²) in [4.78, 5) is 14.8. The predicted molar refractivity (Wildman–Crippen MR) is 64.8 cm³/mol. The Hall–Kier alpha value is -0.970. The van der Waals surface area contributed by atoms with Gasteiger partial charge < -0.3 is 0 Å². The topological polar surface area (TPSA) is 56.0 Å². The van der Waals surface area contributed by atoms with Crippen LogP contribution in [0.2, 0.25) is 0 Å². The number of alkyl halides is 1. The summed E-state index contributed by atoms with van der Waals surface area (Å²) in [5, 5.41) is 10.6. The van der Waals surface area contributed by atoms with E-state index in [4.69, 9.17) is 0 Å². The van der Waals surface area contributed by atoms with Crippen molar-refractivity contribution < 1.29 is 4.92 Å². The average molecular weight is 285 g/mol. The van der Waals surface area contributed by atoms with Crippen molar-refractivity contribution >= 4 is 21.6 Å². The van der Waals surface area contributed by atoms with Gasteiger partial charge in [0.2, 0.25) is 0 Å². The number of hydrogen-bond donors (Lipinski definition) is 0. The van der Waals surface area contributed by atoms with Crippen LogP contribution in [0.1, 0.15) is 24.1 Å². The van der Waals surface area contributed by atoms with Gasteiger partial charge >= 0.3 is 0 Å². The Labute approximate surface area is 102 Å². The van der Waals surface area contributed by atoms with Crippen LogP contribution in [-0.4, -0.2) is 14.7 Å². The third-order valence-electron chi connectivity index (χ3n) is 2.90. The Balaban J connectivity index is 2.12. The second kappa shape index (κ2) is 4.49. The quantitative estimate of drug-likeness (QED) is 0.485. The Morgan fingerprint density at radius 1 is 1.69 bits per heavy atom. The molecule has 1 fully saturated rings. The first kappa shape index (κ1) is 11.5. The lowest BCUT2D eigenvalue weighted by Gasteiger charge is -2.09. The van der Waals surface area contributed by atoms with Crippen LogP contribution in [0.4, 0.5) is 5.69 Å². The Kier molecular flexibility index (Phi) is 3.23. The molecule has 1 aromatic rings. The second-order valence-electron chi connectivity index (χ2n) is 4.27. The van der Waals surface area contributed by atoms with E-state index in [1.807, 2.05) is 6.92 Å². The zero-order valence-corrected chi connectivity index (χ0v) is 10.6. The minimum atomic E-state index is -0.406. The molecule has 0 N–H and O–H groups in total. The summed E-state index contributed by atoms with van der Waals surface area (Å²) in [5.41, 5.74) is 1.93. The molecule has 0 aromatic carbocycles.